The summed E-state index contributed by atoms with van der Waals surface area (Å²) in [4.78, 5) is 4.21. The zero-order valence-corrected chi connectivity index (χ0v) is 14.5. The number of nitrogens with one attached hydrogen (secondary N) is 1. The van der Waals surface area contributed by atoms with Crippen molar-refractivity contribution < 1.29 is 4.90 Å². The molecule has 2 aliphatic heterocycles. The second-order valence-electron chi connectivity index (χ2n) is 7.07. The molecule has 0 bridgehead atoms. The molecule has 3 heterocycles. The van der Waals surface area contributed by atoms with Gasteiger partial charge < -0.3 is 14.4 Å². The number of piperazine rings is 1. The summed E-state index contributed by atoms with van der Waals surface area (Å²) in [7, 11) is 0. The third-order valence-corrected chi connectivity index (χ3v) is 5.48. The van der Waals surface area contributed by atoms with Crippen molar-refractivity contribution >= 4 is 5.69 Å². The van der Waals surface area contributed by atoms with Crippen LogP contribution in [0.5, 0.6) is 0 Å². The number of aromatic nitrogens is 3. The van der Waals surface area contributed by atoms with E-state index in [-0.39, 0.29) is 0 Å². The van der Waals surface area contributed by atoms with Gasteiger partial charge in [0.1, 0.15) is 11.6 Å². The zero-order valence-electron chi connectivity index (χ0n) is 14.5. The quantitative estimate of drug-likeness (QED) is 0.909. The highest BCUT2D eigenvalue weighted by atomic mass is 15.3. The van der Waals surface area contributed by atoms with Crippen molar-refractivity contribution in [3.8, 4) is 0 Å². The number of fused-ring (bicyclic) bond motifs is 1. The number of quaternary nitrogens is 1. The summed E-state index contributed by atoms with van der Waals surface area (Å²) in [5.41, 5.74) is 1.36. The molecule has 5 heteroatoms. The highest BCUT2D eigenvalue weighted by molar-refractivity contribution is 5.46. The van der Waals surface area contributed by atoms with Gasteiger partial charge in [0.15, 0.2) is 0 Å². The van der Waals surface area contributed by atoms with Crippen molar-refractivity contribution in [2.75, 3.05) is 37.6 Å². The number of nitrogens with zero attached hydrogens (tertiary/aromatic N) is 4. The minimum absolute atomic E-state index is 1.06. The lowest BCUT2D eigenvalue weighted by Gasteiger charge is -2.33. The first kappa shape index (κ1) is 15.6. The predicted molar refractivity (Wildman–Crippen MR) is 95.5 cm³/mol. The van der Waals surface area contributed by atoms with Crippen LogP contribution in [-0.4, -0.2) is 47.5 Å². The fraction of sp³-hybridized carbons (Fsp3) is 0.579. The van der Waals surface area contributed by atoms with Crippen LogP contribution in [0, 0.1) is 0 Å². The van der Waals surface area contributed by atoms with E-state index in [1.807, 2.05) is 0 Å². The molecule has 5 nitrogen and oxygen atoms in total. The van der Waals surface area contributed by atoms with Crippen molar-refractivity contribution in [3.05, 3.63) is 42.0 Å². The molecule has 0 spiro atoms. The van der Waals surface area contributed by atoms with Crippen LogP contribution in [-0.2, 0) is 19.4 Å². The molecule has 0 saturated carbocycles. The Bertz CT molecular complexity index is 643. The fourth-order valence-corrected chi connectivity index (χ4v) is 3.99. The van der Waals surface area contributed by atoms with E-state index in [0.29, 0.717) is 0 Å². The van der Waals surface area contributed by atoms with Crippen molar-refractivity contribution in [1.82, 2.24) is 14.8 Å². The van der Waals surface area contributed by atoms with Crippen LogP contribution in [0.4, 0.5) is 5.69 Å². The minimum Gasteiger partial charge on any atom is -0.360 e. The van der Waals surface area contributed by atoms with Crippen LogP contribution in [0.15, 0.2) is 30.3 Å². The zero-order chi connectivity index (χ0) is 16.2. The van der Waals surface area contributed by atoms with E-state index in [1.54, 1.807) is 4.90 Å². The average Bonchev–Trinajstić information content (AvgIpc) is 2.87. The number of rotatable bonds is 4. The lowest BCUT2D eigenvalue weighted by atomic mass is 10.2. The number of anilines is 1. The van der Waals surface area contributed by atoms with E-state index in [9.17, 15) is 0 Å². The SMILES string of the molecule is c1ccc(N2CC[NH+](CCc3nnc4n3CCCCC4)CC2)cc1. The lowest BCUT2D eigenvalue weighted by molar-refractivity contribution is -0.900. The van der Waals surface area contributed by atoms with Crippen molar-refractivity contribution in [2.24, 2.45) is 0 Å². The molecule has 128 valence electrons. The molecule has 4 rings (SSSR count). The highest BCUT2D eigenvalue weighted by Gasteiger charge is 2.21. The maximum absolute atomic E-state index is 4.48. The average molecular weight is 326 g/mol. The number of para-hydroxylation sites is 1. The molecule has 0 unspecified atom stereocenters. The summed E-state index contributed by atoms with van der Waals surface area (Å²) in [6.45, 7) is 7.04. The Balaban J connectivity index is 1.30. The molecule has 2 aliphatic rings. The maximum Gasteiger partial charge on any atom is 0.138 e. The molecule has 1 aromatic carbocycles. The van der Waals surface area contributed by atoms with Crippen LogP contribution >= 0.6 is 0 Å². The number of benzene rings is 1. The van der Waals surface area contributed by atoms with Crippen molar-refractivity contribution in [1.29, 1.82) is 0 Å². The van der Waals surface area contributed by atoms with Crippen molar-refractivity contribution in [3.63, 3.8) is 0 Å². The van der Waals surface area contributed by atoms with Gasteiger partial charge >= 0.3 is 0 Å². The third-order valence-electron chi connectivity index (χ3n) is 5.48. The monoisotopic (exact) mass is 326 g/mol. The van der Waals surface area contributed by atoms with Gasteiger partial charge in [0.05, 0.1) is 39.1 Å². The molecule has 2 aromatic rings. The molecule has 1 saturated heterocycles. The summed E-state index contributed by atoms with van der Waals surface area (Å²) in [5.74, 6) is 2.43. The Labute approximate surface area is 144 Å². The summed E-state index contributed by atoms with van der Waals surface area (Å²) in [6, 6.07) is 10.8. The second-order valence-corrected chi connectivity index (χ2v) is 7.07. The largest absolute Gasteiger partial charge is 0.360 e. The highest BCUT2D eigenvalue weighted by Crippen LogP contribution is 2.15. The normalized spacial score (nSPS) is 19.1. The lowest BCUT2D eigenvalue weighted by Crippen LogP contribution is -3.15. The van der Waals surface area contributed by atoms with Crippen LogP contribution < -0.4 is 9.80 Å². The Kier molecular flexibility index (Phi) is 4.78. The molecule has 24 heavy (non-hydrogen) atoms. The van der Waals surface area contributed by atoms with Gasteiger partial charge in [-0.15, -0.1) is 10.2 Å². The summed E-state index contributed by atoms with van der Waals surface area (Å²) < 4.78 is 2.40. The van der Waals surface area contributed by atoms with Crippen LogP contribution in [0.25, 0.3) is 0 Å². The Morgan fingerprint density at radius 2 is 1.75 bits per heavy atom. The minimum atomic E-state index is 1.06. The van der Waals surface area contributed by atoms with Crippen LogP contribution in [0.3, 0.4) is 0 Å². The number of hydrogen-bond acceptors (Lipinski definition) is 3. The summed E-state index contributed by atoms with van der Waals surface area (Å²) >= 11 is 0. The standard InChI is InChI=1S/C19H27N5/c1-3-7-17(8-4-1)23-15-13-22(14-16-23)12-10-19-21-20-18-9-5-2-6-11-24(18)19/h1,3-4,7-8H,2,5-6,9-16H2/p+1. The van der Waals surface area contributed by atoms with Crippen molar-refractivity contribution in [2.45, 2.75) is 38.6 Å². The van der Waals surface area contributed by atoms with E-state index in [2.05, 4.69) is 50.0 Å². The maximum atomic E-state index is 4.48. The van der Waals surface area contributed by atoms with E-state index in [0.717, 1.165) is 32.5 Å². The molecule has 1 N–H and O–H groups in total. The van der Waals surface area contributed by atoms with E-state index >= 15 is 0 Å². The van der Waals surface area contributed by atoms with E-state index in [1.165, 1.54) is 56.2 Å². The Morgan fingerprint density at radius 3 is 2.58 bits per heavy atom. The smallest absolute Gasteiger partial charge is 0.138 e. The van der Waals surface area contributed by atoms with Crippen LogP contribution in [0.2, 0.25) is 0 Å². The summed E-state index contributed by atoms with van der Waals surface area (Å²) in [6.07, 6.45) is 6.05. The molecule has 0 radical (unpaired) electrons. The molecule has 0 aliphatic carbocycles. The molecule has 0 atom stereocenters. The van der Waals surface area contributed by atoms with Gasteiger partial charge in [0.2, 0.25) is 0 Å². The van der Waals surface area contributed by atoms with Crippen LogP contribution in [0.1, 0.15) is 30.9 Å². The predicted octanol–water partition coefficient (Wildman–Crippen LogP) is 0.952. The van der Waals surface area contributed by atoms with E-state index < -0.39 is 0 Å². The molecule has 1 aromatic heterocycles. The van der Waals surface area contributed by atoms with E-state index in [4.69, 9.17) is 0 Å². The van der Waals surface area contributed by atoms with Gasteiger partial charge in [0, 0.05) is 18.7 Å². The first-order valence-electron chi connectivity index (χ1n) is 9.45. The van der Waals surface area contributed by atoms with Gasteiger partial charge in [-0.1, -0.05) is 24.6 Å². The first-order chi connectivity index (χ1) is 11.9. The molecular formula is C19H28N5+. The Morgan fingerprint density at radius 1 is 0.917 bits per heavy atom. The van der Waals surface area contributed by atoms with Gasteiger partial charge in [-0.05, 0) is 25.0 Å². The van der Waals surface area contributed by atoms with Gasteiger partial charge in [-0.2, -0.15) is 0 Å². The number of aryl methyl sites for hydroxylation is 1. The molecule has 1 fully saturated rings. The molecule has 0 amide bonds. The topological polar surface area (TPSA) is 38.4 Å². The fourth-order valence-electron chi connectivity index (χ4n) is 3.99. The first-order valence-corrected chi connectivity index (χ1v) is 9.45. The van der Waals surface area contributed by atoms with Gasteiger partial charge in [0.25, 0.3) is 0 Å². The second kappa shape index (κ2) is 7.34. The summed E-state index contributed by atoms with van der Waals surface area (Å²) in [5, 5.41) is 8.90. The number of hydrogen-bond donors (Lipinski definition) is 1. The van der Waals surface area contributed by atoms with Gasteiger partial charge in [-0.3, -0.25) is 0 Å². The van der Waals surface area contributed by atoms with Gasteiger partial charge in [-0.25, -0.2) is 0 Å². The Hall–Kier alpha value is -1.88. The third kappa shape index (κ3) is 3.46. The molecular weight excluding hydrogens is 298 g/mol.